The number of nitrogens with zero attached hydrogens (tertiary/aromatic N) is 2. The van der Waals surface area contributed by atoms with E-state index in [0.717, 1.165) is 15.6 Å². The number of aromatic nitrogens is 1. The topological polar surface area (TPSA) is 63.6 Å². The molecule has 0 radical (unpaired) electrons. The van der Waals surface area contributed by atoms with Crippen LogP contribution < -0.4 is 5.43 Å². The van der Waals surface area contributed by atoms with Crippen molar-refractivity contribution >= 4 is 44.6 Å². The van der Waals surface area contributed by atoms with Gasteiger partial charge >= 0.3 is 5.97 Å². The third-order valence-electron chi connectivity index (χ3n) is 2.62. The van der Waals surface area contributed by atoms with Crippen molar-refractivity contribution in [3.8, 4) is 0 Å². The summed E-state index contributed by atoms with van der Waals surface area (Å²) in [7, 11) is 0. The van der Waals surface area contributed by atoms with E-state index in [4.69, 9.17) is 4.74 Å². The van der Waals surface area contributed by atoms with Gasteiger partial charge in [0.25, 0.3) is 0 Å². The lowest BCUT2D eigenvalue weighted by atomic mass is 10.2. The minimum atomic E-state index is -0.271. The summed E-state index contributed by atoms with van der Waals surface area (Å²) < 4.78 is 5.90. The van der Waals surface area contributed by atoms with Gasteiger partial charge < -0.3 is 4.74 Å². The average Bonchev–Trinajstić information content (AvgIpc) is 2.85. The van der Waals surface area contributed by atoms with Crippen molar-refractivity contribution in [3.05, 3.63) is 44.9 Å². The Morgan fingerprint density at radius 2 is 2.32 bits per heavy atom. The lowest BCUT2D eigenvalue weighted by Crippen LogP contribution is -2.07. The Hall–Kier alpha value is -1.73. The molecule has 1 aromatic heterocycles. The van der Waals surface area contributed by atoms with Crippen LogP contribution in [0.5, 0.6) is 0 Å². The standard InChI is InChI=1S/C15H16BrN3O2S/c1-3-21-14(20)7-13-9-22-15(18-13)19-17-8-11-4-10(2)5-12(16)6-11/h4-6,8-9H,3,7H2,1-2H3,(H,18,19). The van der Waals surface area contributed by atoms with Gasteiger partial charge in [-0.15, -0.1) is 11.3 Å². The van der Waals surface area contributed by atoms with Crippen LogP contribution >= 0.6 is 27.3 Å². The first-order valence-corrected chi connectivity index (χ1v) is 8.40. The molecular weight excluding hydrogens is 366 g/mol. The molecule has 0 atom stereocenters. The minimum absolute atomic E-state index is 0.181. The number of hydrogen-bond donors (Lipinski definition) is 1. The first kappa shape index (κ1) is 16.6. The van der Waals surface area contributed by atoms with E-state index in [0.29, 0.717) is 17.4 Å². The predicted octanol–water partition coefficient (Wildman–Crippen LogP) is 3.77. The molecule has 2 aromatic rings. The van der Waals surface area contributed by atoms with Gasteiger partial charge in [-0.25, -0.2) is 4.98 Å². The zero-order valence-electron chi connectivity index (χ0n) is 12.3. The molecule has 1 N–H and O–H groups in total. The number of thiazole rings is 1. The summed E-state index contributed by atoms with van der Waals surface area (Å²) in [6, 6.07) is 6.05. The Morgan fingerprint density at radius 1 is 1.50 bits per heavy atom. The Labute approximate surface area is 141 Å². The summed E-state index contributed by atoms with van der Waals surface area (Å²) in [6.45, 7) is 4.19. The second kappa shape index (κ2) is 8.05. The first-order chi connectivity index (χ1) is 10.6. The molecule has 0 unspecified atom stereocenters. The Kier molecular flexibility index (Phi) is 6.09. The predicted molar refractivity (Wildman–Crippen MR) is 92.5 cm³/mol. The van der Waals surface area contributed by atoms with E-state index < -0.39 is 0 Å². The molecule has 0 aliphatic heterocycles. The Balaban J connectivity index is 1.93. The molecule has 0 spiro atoms. The molecule has 5 nitrogen and oxygen atoms in total. The zero-order chi connectivity index (χ0) is 15.9. The van der Waals surface area contributed by atoms with E-state index in [1.165, 1.54) is 11.3 Å². The third-order valence-corrected chi connectivity index (χ3v) is 3.87. The van der Waals surface area contributed by atoms with Crippen molar-refractivity contribution in [1.29, 1.82) is 0 Å². The minimum Gasteiger partial charge on any atom is -0.466 e. The van der Waals surface area contributed by atoms with Gasteiger partial charge in [0.2, 0.25) is 5.13 Å². The van der Waals surface area contributed by atoms with E-state index in [1.54, 1.807) is 13.1 Å². The molecular formula is C15H16BrN3O2S. The summed E-state index contributed by atoms with van der Waals surface area (Å²) in [6.07, 6.45) is 1.91. The normalized spacial score (nSPS) is 10.9. The number of benzene rings is 1. The van der Waals surface area contributed by atoms with Gasteiger partial charge in [0, 0.05) is 9.85 Å². The molecule has 0 bridgehead atoms. The lowest BCUT2D eigenvalue weighted by molar-refractivity contribution is -0.142. The highest BCUT2D eigenvalue weighted by Crippen LogP contribution is 2.17. The van der Waals surface area contributed by atoms with E-state index in [1.807, 2.05) is 30.5 Å². The molecule has 0 aliphatic carbocycles. The Morgan fingerprint density at radius 3 is 3.05 bits per heavy atom. The molecule has 116 valence electrons. The molecule has 0 aliphatic rings. The van der Waals surface area contributed by atoms with E-state index >= 15 is 0 Å². The molecule has 0 fully saturated rings. The third kappa shape index (κ3) is 5.23. The van der Waals surface area contributed by atoms with Gasteiger partial charge in [0.15, 0.2) is 0 Å². The molecule has 0 saturated carbocycles. The van der Waals surface area contributed by atoms with Crippen LogP contribution in [0.15, 0.2) is 33.2 Å². The maximum absolute atomic E-state index is 11.4. The molecule has 2 rings (SSSR count). The molecule has 0 saturated heterocycles. The van der Waals surface area contributed by atoms with Crippen molar-refractivity contribution in [2.24, 2.45) is 5.10 Å². The summed E-state index contributed by atoms with van der Waals surface area (Å²) in [4.78, 5) is 15.7. The van der Waals surface area contributed by atoms with Crippen LogP contribution in [0, 0.1) is 6.92 Å². The molecule has 7 heteroatoms. The number of carbonyl (C=O) groups excluding carboxylic acids is 1. The molecule has 22 heavy (non-hydrogen) atoms. The highest BCUT2D eigenvalue weighted by atomic mass is 79.9. The fourth-order valence-corrected chi connectivity index (χ4v) is 3.09. The van der Waals surface area contributed by atoms with Crippen molar-refractivity contribution in [2.75, 3.05) is 12.0 Å². The fourth-order valence-electron chi connectivity index (χ4n) is 1.80. The quantitative estimate of drug-likeness (QED) is 0.469. The van der Waals surface area contributed by atoms with Gasteiger partial charge in [-0.05, 0) is 37.1 Å². The number of hydrazone groups is 1. The van der Waals surface area contributed by atoms with E-state index in [2.05, 4.69) is 31.4 Å². The van der Waals surface area contributed by atoms with Gasteiger partial charge in [0.1, 0.15) is 0 Å². The summed E-state index contributed by atoms with van der Waals surface area (Å²) in [5.41, 5.74) is 5.69. The number of carbonyl (C=O) groups is 1. The van der Waals surface area contributed by atoms with Crippen molar-refractivity contribution in [3.63, 3.8) is 0 Å². The summed E-state index contributed by atoms with van der Waals surface area (Å²) >= 11 is 4.85. The maximum Gasteiger partial charge on any atom is 0.311 e. The number of nitrogens with one attached hydrogen (secondary N) is 1. The van der Waals surface area contributed by atoms with Gasteiger partial charge in [-0.1, -0.05) is 22.0 Å². The second-order valence-electron chi connectivity index (χ2n) is 4.56. The molecule has 1 aromatic carbocycles. The number of halogens is 1. The number of anilines is 1. The second-order valence-corrected chi connectivity index (χ2v) is 6.33. The van der Waals surface area contributed by atoms with Crippen LogP contribution in [0.3, 0.4) is 0 Å². The first-order valence-electron chi connectivity index (χ1n) is 6.73. The smallest absolute Gasteiger partial charge is 0.311 e. The van der Waals surface area contributed by atoms with Crippen LogP contribution in [0.2, 0.25) is 0 Å². The number of esters is 1. The largest absolute Gasteiger partial charge is 0.466 e. The highest BCUT2D eigenvalue weighted by molar-refractivity contribution is 9.10. The van der Waals surface area contributed by atoms with Gasteiger partial charge in [0.05, 0.1) is 24.9 Å². The number of aryl methyl sites for hydroxylation is 1. The molecule has 0 amide bonds. The van der Waals surface area contributed by atoms with Crippen LogP contribution in [-0.2, 0) is 16.0 Å². The monoisotopic (exact) mass is 381 g/mol. The van der Waals surface area contributed by atoms with Crippen molar-refractivity contribution in [1.82, 2.24) is 4.98 Å². The SMILES string of the molecule is CCOC(=O)Cc1csc(NN=Cc2cc(C)cc(Br)c2)n1. The van der Waals surface area contributed by atoms with Crippen LogP contribution in [0.25, 0.3) is 0 Å². The maximum atomic E-state index is 11.4. The number of hydrogen-bond acceptors (Lipinski definition) is 6. The van der Waals surface area contributed by atoms with Crippen molar-refractivity contribution in [2.45, 2.75) is 20.3 Å². The van der Waals surface area contributed by atoms with E-state index in [-0.39, 0.29) is 12.4 Å². The average molecular weight is 382 g/mol. The van der Waals surface area contributed by atoms with Crippen LogP contribution in [-0.4, -0.2) is 23.8 Å². The van der Waals surface area contributed by atoms with Gasteiger partial charge in [-0.2, -0.15) is 5.10 Å². The molecule has 1 heterocycles. The Bertz CT molecular complexity index is 665. The summed E-state index contributed by atoms with van der Waals surface area (Å²) in [5.74, 6) is -0.271. The number of ether oxygens (including phenoxy) is 1. The lowest BCUT2D eigenvalue weighted by Gasteiger charge is -1.99. The highest BCUT2D eigenvalue weighted by Gasteiger charge is 2.07. The van der Waals surface area contributed by atoms with Gasteiger partial charge in [-0.3, -0.25) is 10.2 Å². The van der Waals surface area contributed by atoms with Crippen LogP contribution in [0.4, 0.5) is 5.13 Å². The fraction of sp³-hybridized carbons (Fsp3) is 0.267. The van der Waals surface area contributed by atoms with Crippen molar-refractivity contribution < 1.29 is 9.53 Å². The number of rotatable bonds is 6. The summed E-state index contributed by atoms with van der Waals surface area (Å²) in [5, 5.41) is 6.62. The zero-order valence-corrected chi connectivity index (χ0v) is 14.7. The van der Waals surface area contributed by atoms with Crippen LogP contribution in [0.1, 0.15) is 23.7 Å². The van der Waals surface area contributed by atoms with E-state index in [9.17, 15) is 4.79 Å².